The number of amides is 3. The Morgan fingerprint density at radius 1 is 1.14 bits per heavy atom. The molecule has 0 unspecified atom stereocenters. The summed E-state index contributed by atoms with van der Waals surface area (Å²) >= 11 is 0. The van der Waals surface area contributed by atoms with Gasteiger partial charge in [0.25, 0.3) is 11.8 Å². The minimum absolute atomic E-state index is 0.135. The molecule has 8 heteroatoms. The zero-order chi connectivity index (χ0) is 20.4. The molecule has 2 aromatic rings. The second-order valence-corrected chi connectivity index (χ2v) is 6.56. The number of benzene rings is 2. The normalized spacial score (nSPS) is 13.9. The monoisotopic (exact) mass is 382 g/mol. The van der Waals surface area contributed by atoms with Crippen LogP contribution in [0.2, 0.25) is 0 Å². The second kappa shape index (κ2) is 7.59. The predicted octanol–water partition coefficient (Wildman–Crippen LogP) is 2.66. The lowest BCUT2D eigenvalue weighted by Crippen LogP contribution is -2.36. The molecule has 0 saturated carbocycles. The summed E-state index contributed by atoms with van der Waals surface area (Å²) in [6, 6.07) is 9.16. The Hall–Kier alpha value is -3.55. The zero-order valence-electron chi connectivity index (χ0n) is 15.5. The van der Waals surface area contributed by atoms with Gasteiger partial charge in [-0.1, -0.05) is 12.1 Å². The van der Waals surface area contributed by atoms with Crippen LogP contribution in [0.25, 0.3) is 0 Å². The number of carbonyl (C=O) groups is 3. The van der Waals surface area contributed by atoms with Gasteiger partial charge in [0.05, 0.1) is 11.3 Å². The Morgan fingerprint density at radius 2 is 1.89 bits per heavy atom. The Kier molecular flexibility index (Phi) is 5.21. The molecule has 0 radical (unpaired) electrons. The molecular weight excluding hydrogens is 363 g/mol. The predicted molar refractivity (Wildman–Crippen MR) is 104 cm³/mol. The summed E-state index contributed by atoms with van der Waals surface area (Å²) in [7, 11) is 0. The molecule has 0 atom stereocenters. The number of nitrogens with two attached hydrogens (primary N) is 1. The molecule has 144 valence electrons. The molecule has 0 fully saturated rings. The van der Waals surface area contributed by atoms with Crippen molar-refractivity contribution in [3.8, 4) is 0 Å². The summed E-state index contributed by atoms with van der Waals surface area (Å²) in [6.07, 6.45) is 0.311. The number of halogens is 1. The van der Waals surface area contributed by atoms with Crippen LogP contribution in [0.1, 0.15) is 34.3 Å². The van der Waals surface area contributed by atoms with Gasteiger partial charge in [0.15, 0.2) is 0 Å². The van der Waals surface area contributed by atoms with E-state index in [0.717, 1.165) is 23.3 Å². The van der Waals surface area contributed by atoms with Crippen LogP contribution in [-0.2, 0) is 9.59 Å². The molecule has 0 bridgehead atoms. The van der Waals surface area contributed by atoms with Gasteiger partial charge in [-0.3, -0.25) is 14.4 Å². The SMILES string of the molecule is Cc1ccc(C)c(N2N=C(C(=O)Nc3ccc(F)c(C(N)=O)c3)CCC2=O)c1. The summed E-state index contributed by atoms with van der Waals surface area (Å²) in [5, 5.41) is 8.03. The number of aryl methyl sites for hydroxylation is 2. The molecular formula is C20H19FN4O3. The fraction of sp³-hybridized carbons (Fsp3) is 0.200. The first-order valence-corrected chi connectivity index (χ1v) is 8.64. The maximum atomic E-state index is 13.6. The van der Waals surface area contributed by atoms with Gasteiger partial charge in [0.1, 0.15) is 11.5 Å². The highest BCUT2D eigenvalue weighted by Crippen LogP contribution is 2.25. The van der Waals surface area contributed by atoms with Crippen molar-refractivity contribution >= 4 is 34.8 Å². The molecule has 0 saturated heterocycles. The van der Waals surface area contributed by atoms with Gasteiger partial charge < -0.3 is 11.1 Å². The van der Waals surface area contributed by atoms with E-state index in [0.29, 0.717) is 5.69 Å². The van der Waals surface area contributed by atoms with Crippen LogP contribution < -0.4 is 16.1 Å². The molecule has 0 aromatic heterocycles. The average molecular weight is 382 g/mol. The first-order chi connectivity index (χ1) is 13.3. The molecule has 1 aliphatic heterocycles. The van der Waals surface area contributed by atoms with E-state index < -0.39 is 17.6 Å². The Balaban J connectivity index is 1.87. The number of nitrogens with one attached hydrogen (secondary N) is 1. The minimum Gasteiger partial charge on any atom is -0.366 e. The number of anilines is 2. The lowest BCUT2D eigenvalue weighted by molar-refractivity contribution is -0.118. The van der Waals surface area contributed by atoms with Crippen molar-refractivity contribution in [1.29, 1.82) is 0 Å². The van der Waals surface area contributed by atoms with E-state index in [9.17, 15) is 18.8 Å². The third kappa shape index (κ3) is 3.90. The number of rotatable bonds is 4. The maximum absolute atomic E-state index is 13.6. The molecule has 1 heterocycles. The van der Waals surface area contributed by atoms with Crippen LogP contribution in [0.3, 0.4) is 0 Å². The number of carbonyl (C=O) groups excluding carboxylic acids is 3. The molecule has 3 amide bonds. The van der Waals surface area contributed by atoms with Crippen molar-refractivity contribution < 1.29 is 18.8 Å². The maximum Gasteiger partial charge on any atom is 0.271 e. The number of nitrogens with zero attached hydrogens (tertiary/aromatic N) is 2. The van der Waals surface area contributed by atoms with Crippen LogP contribution in [0.5, 0.6) is 0 Å². The van der Waals surface area contributed by atoms with Gasteiger partial charge >= 0.3 is 0 Å². The number of hydrogen-bond acceptors (Lipinski definition) is 4. The largest absolute Gasteiger partial charge is 0.366 e. The van der Waals surface area contributed by atoms with E-state index in [1.54, 1.807) is 0 Å². The van der Waals surface area contributed by atoms with E-state index in [2.05, 4.69) is 10.4 Å². The standard InChI is InChI=1S/C20H19FN4O3/c1-11-3-4-12(2)17(9-11)25-18(26)8-7-16(24-25)20(28)23-13-5-6-15(21)14(10-13)19(22)27/h3-6,9-10H,7-8H2,1-2H3,(H2,22,27)(H,23,28). The molecule has 7 nitrogen and oxygen atoms in total. The highest BCUT2D eigenvalue weighted by Gasteiger charge is 2.26. The summed E-state index contributed by atoms with van der Waals surface area (Å²) in [6.45, 7) is 3.76. The van der Waals surface area contributed by atoms with E-state index in [1.807, 2.05) is 32.0 Å². The van der Waals surface area contributed by atoms with E-state index in [-0.39, 0.29) is 35.7 Å². The fourth-order valence-electron chi connectivity index (χ4n) is 2.85. The number of primary amides is 1. The molecule has 2 aromatic carbocycles. The molecule has 3 rings (SSSR count). The third-order valence-corrected chi connectivity index (χ3v) is 4.38. The Morgan fingerprint density at radius 3 is 2.61 bits per heavy atom. The van der Waals surface area contributed by atoms with Crippen molar-refractivity contribution in [2.45, 2.75) is 26.7 Å². The van der Waals surface area contributed by atoms with Crippen LogP contribution in [0.15, 0.2) is 41.5 Å². The minimum atomic E-state index is -0.935. The third-order valence-electron chi connectivity index (χ3n) is 4.38. The van der Waals surface area contributed by atoms with Crippen molar-refractivity contribution in [2.75, 3.05) is 10.3 Å². The summed E-state index contributed by atoms with van der Waals surface area (Å²) in [4.78, 5) is 36.2. The van der Waals surface area contributed by atoms with Crippen LogP contribution >= 0.6 is 0 Å². The quantitative estimate of drug-likeness (QED) is 0.849. The van der Waals surface area contributed by atoms with Crippen LogP contribution in [0, 0.1) is 19.7 Å². The van der Waals surface area contributed by atoms with E-state index in [1.165, 1.54) is 11.1 Å². The zero-order valence-corrected chi connectivity index (χ0v) is 15.5. The number of hydrogen-bond donors (Lipinski definition) is 2. The van der Waals surface area contributed by atoms with Crippen molar-refractivity contribution in [3.63, 3.8) is 0 Å². The topological polar surface area (TPSA) is 105 Å². The van der Waals surface area contributed by atoms with Crippen molar-refractivity contribution in [1.82, 2.24) is 0 Å². The molecule has 3 N–H and O–H groups in total. The molecule has 1 aliphatic rings. The lowest BCUT2D eigenvalue weighted by atomic mass is 10.1. The molecule has 0 aliphatic carbocycles. The average Bonchev–Trinajstić information content (AvgIpc) is 2.65. The smallest absolute Gasteiger partial charge is 0.271 e. The van der Waals surface area contributed by atoms with Crippen molar-refractivity contribution in [2.24, 2.45) is 10.8 Å². The van der Waals surface area contributed by atoms with Gasteiger partial charge in [-0.25, -0.2) is 9.40 Å². The van der Waals surface area contributed by atoms with Crippen molar-refractivity contribution in [3.05, 3.63) is 58.9 Å². The highest BCUT2D eigenvalue weighted by molar-refractivity contribution is 6.44. The highest BCUT2D eigenvalue weighted by atomic mass is 19.1. The van der Waals surface area contributed by atoms with Gasteiger partial charge in [-0.15, -0.1) is 0 Å². The van der Waals surface area contributed by atoms with Gasteiger partial charge in [-0.2, -0.15) is 5.10 Å². The van der Waals surface area contributed by atoms with Gasteiger partial charge in [-0.05, 0) is 49.2 Å². The van der Waals surface area contributed by atoms with E-state index >= 15 is 0 Å². The summed E-state index contributed by atoms with van der Waals surface area (Å²) in [5.74, 6) is -2.45. The second-order valence-electron chi connectivity index (χ2n) is 6.56. The van der Waals surface area contributed by atoms with E-state index in [4.69, 9.17) is 5.73 Å². The Labute approximate surface area is 161 Å². The van der Waals surface area contributed by atoms with Crippen LogP contribution in [0.4, 0.5) is 15.8 Å². The Bertz CT molecular complexity index is 1020. The number of hydrazone groups is 1. The summed E-state index contributed by atoms with van der Waals surface area (Å²) < 4.78 is 13.6. The van der Waals surface area contributed by atoms with Crippen LogP contribution in [-0.4, -0.2) is 23.4 Å². The lowest BCUT2D eigenvalue weighted by Gasteiger charge is -2.24. The molecule has 0 spiro atoms. The fourth-order valence-corrected chi connectivity index (χ4v) is 2.85. The first-order valence-electron chi connectivity index (χ1n) is 8.64. The summed E-state index contributed by atoms with van der Waals surface area (Å²) in [5.41, 5.74) is 7.60. The van der Waals surface area contributed by atoms with Gasteiger partial charge in [0.2, 0.25) is 5.91 Å². The molecule has 28 heavy (non-hydrogen) atoms. The first kappa shape index (κ1) is 19.2. The van der Waals surface area contributed by atoms with Gasteiger partial charge in [0, 0.05) is 18.5 Å².